The summed E-state index contributed by atoms with van der Waals surface area (Å²) < 4.78 is 16.1. The van der Waals surface area contributed by atoms with Crippen LogP contribution in [0.5, 0.6) is 11.5 Å². The molecule has 0 aliphatic heterocycles. The maximum absolute atomic E-state index is 12.6. The molecule has 1 fully saturated rings. The van der Waals surface area contributed by atoms with Crippen LogP contribution in [0.2, 0.25) is 0 Å². The molecule has 0 bridgehead atoms. The predicted octanol–water partition coefficient (Wildman–Crippen LogP) is 1.39. The van der Waals surface area contributed by atoms with Gasteiger partial charge in [0, 0.05) is 31.1 Å². The van der Waals surface area contributed by atoms with Crippen LogP contribution in [0.15, 0.2) is 18.2 Å². The smallest absolute Gasteiger partial charge is 0.240 e. The van der Waals surface area contributed by atoms with Crippen molar-refractivity contribution in [3.05, 3.63) is 23.8 Å². The molecule has 1 saturated carbocycles. The van der Waals surface area contributed by atoms with Crippen LogP contribution in [0.3, 0.4) is 0 Å². The number of nitrogens with two attached hydrogens (primary N) is 1. The van der Waals surface area contributed by atoms with Crippen molar-refractivity contribution in [3.63, 3.8) is 0 Å². The van der Waals surface area contributed by atoms with Crippen LogP contribution in [-0.4, -0.2) is 50.0 Å². The molecule has 3 atom stereocenters. The Kier molecular flexibility index (Phi) is 6.16. The minimum atomic E-state index is -1.02. The zero-order valence-electron chi connectivity index (χ0n) is 16.2. The summed E-state index contributed by atoms with van der Waals surface area (Å²) >= 11 is 0. The highest BCUT2D eigenvalue weighted by Gasteiger charge is 2.62. The average molecular weight is 366 g/mol. The molecule has 1 aromatic carbocycles. The van der Waals surface area contributed by atoms with Gasteiger partial charge in [-0.2, -0.15) is 0 Å². The van der Waals surface area contributed by atoms with Crippen molar-refractivity contribution >= 4 is 5.91 Å². The van der Waals surface area contributed by atoms with Crippen molar-refractivity contribution < 1.29 is 24.1 Å². The molecular weight excluding hydrogens is 336 g/mol. The highest BCUT2D eigenvalue weighted by molar-refractivity contribution is 5.88. The van der Waals surface area contributed by atoms with Crippen molar-refractivity contribution in [2.24, 2.45) is 11.1 Å². The largest absolute Gasteiger partial charge is 0.497 e. The highest BCUT2D eigenvalue weighted by Crippen LogP contribution is 2.49. The van der Waals surface area contributed by atoms with E-state index in [9.17, 15) is 9.90 Å². The Balaban J connectivity index is 2.01. The van der Waals surface area contributed by atoms with E-state index in [-0.39, 0.29) is 18.6 Å². The molecule has 3 unspecified atom stereocenters. The minimum Gasteiger partial charge on any atom is -0.497 e. The third-order valence-corrected chi connectivity index (χ3v) is 5.45. The predicted molar refractivity (Wildman–Crippen MR) is 98.2 cm³/mol. The molecule has 0 saturated heterocycles. The van der Waals surface area contributed by atoms with E-state index in [4.69, 9.17) is 19.9 Å². The number of carbonyl (C=O) groups excluding carboxylic acids is 1. The molecule has 7 nitrogen and oxygen atoms in total. The third kappa shape index (κ3) is 3.65. The Morgan fingerprint density at radius 2 is 1.88 bits per heavy atom. The van der Waals surface area contributed by atoms with Crippen molar-refractivity contribution in [1.29, 1.82) is 0 Å². The molecule has 0 heterocycles. The molecule has 146 valence electrons. The quantitative estimate of drug-likeness (QED) is 0.642. The van der Waals surface area contributed by atoms with Gasteiger partial charge in [-0.25, -0.2) is 0 Å². The number of ether oxygens (including phenoxy) is 3. The summed E-state index contributed by atoms with van der Waals surface area (Å²) in [6.45, 7) is 6.41. The maximum Gasteiger partial charge on any atom is 0.240 e. The lowest BCUT2D eigenvalue weighted by atomic mass is 9.54. The number of carbonyl (C=O) groups is 1. The monoisotopic (exact) mass is 366 g/mol. The van der Waals surface area contributed by atoms with Crippen LogP contribution in [0.4, 0.5) is 0 Å². The maximum atomic E-state index is 12.6. The molecule has 0 spiro atoms. The van der Waals surface area contributed by atoms with Gasteiger partial charge in [0.25, 0.3) is 0 Å². The fraction of sp³-hybridized carbons (Fsp3) is 0.632. The fourth-order valence-electron chi connectivity index (χ4n) is 3.31. The van der Waals surface area contributed by atoms with E-state index in [1.807, 2.05) is 20.8 Å². The van der Waals surface area contributed by atoms with Crippen molar-refractivity contribution in [2.75, 3.05) is 27.4 Å². The number of rotatable bonds is 8. The van der Waals surface area contributed by atoms with E-state index >= 15 is 0 Å². The topological polar surface area (TPSA) is 103 Å². The molecule has 0 radical (unpaired) electrons. The zero-order valence-corrected chi connectivity index (χ0v) is 16.2. The Hall–Kier alpha value is -1.83. The lowest BCUT2D eigenvalue weighted by Crippen LogP contribution is -2.75. The van der Waals surface area contributed by atoms with Gasteiger partial charge in [0.1, 0.15) is 17.0 Å². The van der Waals surface area contributed by atoms with E-state index in [0.717, 1.165) is 0 Å². The first-order valence-electron chi connectivity index (χ1n) is 8.79. The van der Waals surface area contributed by atoms with Gasteiger partial charge in [-0.15, -0.1) is 0 Å². The second-order valence-electron chi connectivity index (χ2n) is 7.21. The summed E-state index contributed by atoms with van der Waals surface area (Å²) in [6.07, 6.45) is -0.490. The van der Waals surface area contributed by atoms with E-state index in [1.165, 1.54) is 0 Å². The van der Waals surface area contributed by atoms with E-state index in [0.29, 0.717) is 30.1 Å². The van der Waals surface area contributed by atoms with Crippen LogP contribution in [0, 0.1) is 5.41 Å². The summed E-state index contributed by atoms with van der Waals surface area (Å²) in [5, 5.41) is 13.2. The minimum absolute atomic E-state index is 0.0451. The number of nitrogens with one attached hydrogen (secondary N) is 1. The molecule has 26 heavy (non-hydrogen) atoms. The summed E-state index contributed by atoms with van der Waals surface area (Å²) in [4.78, 5) is 12.6. The first-order valence-corrected chi connectivity index (χ1v) is 8.79. The second kappa shape index (κ2) is 7.82. The number of amides is 1. The van der Waals surface area contributed by atoms with Gasteiger partial charge in [-0.1, -0.05) is 13.8 Å². The average Bonchev–Trinajstić information content (AvgIpc) is 2.64. The molecule has 1 aromatic rings. The summed E-state index contributed by atoms with van der Waals surface area (Å²) in [5.41, 5.74) is 5.45. The number of benzene rings is 1. The molecule has 1 aliphatic rings. The lowest BCUT2D eigenvalue weighted by Gasteiger charge is -2.57. The zero-order chi connectivity index (χ0) is 19.5. The third-order valence-electron chi connectivity index (χ3n) is 5.45. The summed E-state index contributed by atoms with van der Waals surface area (Å²) in [7, 11) is 3.08. The first-order chi connectivity index (χ1) is 12.2. The van der Waals surface area contributed by atoms with Crippen molar-refractivity contribution in [1.82, 2.24) is 5.32 Å². The van der Waals surface area contributed by atoms with Gasteiger partial charge in [0.05, 0.1) is 26.4 Å². The van der Waals surface area contributed by atoms with Crippen molar-refractivity contribution in [3.8, 4) is 11.5 Å². The van der Waals surface area contributed by atoms with Gasteiger partial charge in [-0.3, -0.25) is 4.79 Å². The SMILES string of the molecule is CCOC1CC(N)(C(=O)NCC(O)c2cc(OC)cc(OC)c2)C1(C)C. The van der Waals surface area contributed by atoms with Gasteiger partial charge < -0.3 is 30.4 Å². The summed E-state index contributed by atoms with van der Waals surface area (Å²) in [6, 6.07) is 5.13. The molecule has 0 aromatic heterocycles. The fourth-order valence-corrected chi connectivity index (χ4v) is 3.31. The molecule has 7 heteroatoms. The molecule has 1 amide bonds. The lowest BCUT2D eigenvalue weighted by molar-refractivity contribution is -0.170. The Morgan fingerprint density at radius 1 is 1.31 bits per heavy atom. The van der Waals surface area contributed by atoms with Crippen LogP contribution in [0.1, 0.15) is 38.9 Å². The number of methoxy groups -OCH3 is 2. The number of hydrogen-bond donors (Lipinski definition) is 3. The van der Waals surface area contributed by atoms with Crippen LogP contribution >= 0.6 is 0 Å². The van der Waals surface area contributed by atoms with Gasteiger partial charge in [-0.05, 0) is 24.6 Å². The van der Waals surface area contributed by atoms with Gasteiger partial charge in [0.2, 0.25) is 5.91 Å². The van der Waals surface area contributed by atoms with Gasteiger partial charge in [0.15, 0.2) is 0 Å². The summed E-state index contributed by atoms with van der Waals surface area (Å²) in [5.74, 6) is 0.853. The van der Waals surface area contributed by atoms with E-state index in [2.05, 4.69) is 5.32 Å². The normalized spacial score (nSPS) is 25.1. The second-order valence-corrected chi connectivity index (χ2v) is 7.21. The number of hydrogen-bond acceptors (Lipinski definition) is 6. The van der Waals surface area contributed by atoms with Crippen molar-refractivity contribution in [2.45, 2.75) is 44.9 Å². The van der Waals surface area contributed by atoms with Gasteiger partial charge >= 0.3 is 0 Å². The first kappa shape index (κ1) is 20.5. The van der Waals surface area contributed by atoms with E-state index in [1.54, 1.807) is 32.4 Å². The Labute approximate surface area is 154 Å². The van der Waals surface area contributed by atoms with Crippen LogP contribution < -0.4 is 20.5 Å². The standard InChI is InChI=1S/C19H30N2O5/c1-6-26-16-10-19(20,18(16,2)3)17(23)21-11-15(22)12-7-13(24-4)9-14(8-12)25-5/h7-9,15-16,22H,6,10-11,20H2,1-5H3,(H,21,23). The molecule has 1 aliphatic carbocycles. The van der Waals surface area contributed by atoms with Crippen LogP contribution in [0.25, 0.3) is 0 Å². The number of aliphatic hydroxyl groups excluding tert-OH is 1. The Bertz CT molecular complexity index is 627. The molecular formula is C19H30N2O5. The Morgan fingerprint density at radius 3 is 2.35 bits per heavy atom. The highest BCUT2D eigenvalue weighted by atomic mass is 16.5. The number of aliphatic hydroxyl groups is 1. The molecule has 4 N–H and O–H groups in total. The van der Waals surface area contributed by atoms with E-state index < -0.39 is 17.1 Å². The van der Waals surface area contributed by atoms with Crippen LogP contribution in [-0.2, 0) is 9.53 Å². The molecule has 2 rings (SSSR count).